The molecule has 0 unspecified atom stereocenters. The van der Waals surface area contributed by atoms with Crippen molar-refractivity contribution in [1.82, 2.24) is 0 Å². The van der Waals surface area contributed by atoms with E-state index < -0.39 is 0 Å². The molecule has 2 aromatic rings. The molecule has 0 fully saturated rings. The smallest absolute Gasteiger partial charge is 0.126 e. The van der Waals surface area contributed by atoms with Crippen molar-refractivity contribution in [2.24, 2.45) is 5.73 Å². The zero-order chi connectivity index (χ0) is 13.9. The van der Waals surface area contributed by atoms with Crippen molar-refractivity contribution in [2.45, 2.75) is 25.7 Å². The molecule has 0 saturated carbocycles. The first-order valence-electron chi connectivity index (χ1n) is 6.56. The standard InChI is InChI=1S/C17H20FN/c1-17(2,12-19)15-8-5-6-13(11-15)10-14-7-3-4-9-16(14)18/h3-9,11H,10,12,19H2,1-2H3. The number of rotatable bonds is 4. The maximum absolute atomic E-state index is 13.7. The monoisotopic (exact) mass is 257 g/mol. The van der Waals surface area contributed by atoms with E-state index in [9.17, 15) is 4.39 Å². The van der Waals surface area contributed by atoms with Crippen LogP contribution in [-0.2, 0) is 11.8 Å². The van der Waals surface area contributed by atoms with Crippen molar-refractivity contribution in [2.75, 3.05) is 6.54 Å². The Morgan fingerprint density at radius 1 is 1.05 bits per heavy atom. The molecule has 2 heteroatoms. The van der Waals surface area contributed by atoms with Gasteiger partial charge in [0.25, 0.3) is 0 Å². The summed E-state index contributed by atoms with van der Waals surface area (Å²) < 4.78 is 13.7. The van der Waals surface area contributed by atoms with Gasteiger partial charge in [-0.25, -0.2) is 4.39 Å². The fraction of sp³-hybridized carbons (Fsp3) is 0.294. The second-order valence-corrected chi connectivity index (χ2v) is 5.56. The molecule has 0 aliphatic heterocycles. The SMILES string of the molecule is CC(C)(CN)c1cccc(Cc2ccccc2F)c1. The van der Waals surface area contributed by atoms with Crippen LogP contribution in [0.5, 0.6) is 0 Å². The van der Waals surface area contributed by atoms with Gasteiger partial charge in [-0.05, 0) is 22.8 Å². The zero-order valence-electron chi connectivity index (χ0n) is 11.5. The van der Waals surface area contributed by atoms with Crippen molar-refractivity contribution in [3.05, 3.63) is 71.0 Å². The van der Waals surface area contributed by atoms with Gasteiger partial charge >= 0.3 is 0 Å². The van der Waals surface area contributed by atoms with Crippen molar-refractivity contribution >= 4 is 0 Å². The molecule has 0 radical (unpaired) electrons. The van der Waals surface area contributed by atoms with Crippen molar-refractivity contribution in [3.63, 3.8) is 0 Å². The van der Waals surface area contributed by atoms with E-state index in [0.29, 0.717) is 13.0 Å². The van der Waals surface area contributed by atoms with E-state index in [2.05, 4.69) is 26.0 Å². The van der Waals surface area contributed by atoms with Crippen molar-refractivity contribution in [1.29, 1.82) is 0 Å². The summed E-state index contributed by atoms with van der Waals surface area (Å²) in [6, 6.07) is 15.2. The molecule has 0 amide bonds. The van der Waals surface area contributed by atoms with Crippen LogP contribution in [-0.4, -0.2) is 6.54 Å². The van der Waals surface area contributed by atoms with Gasteiger partial charge in [0.05, 0.1) is 0 Å². The van der Waals surface area contributed by atoms with E-state index in [1.165, 1.54) is 11.6 Å². The van der Waals surface area contributed by atoms with E-state index in [0.717, 1.165) is 11.1 Å². The molecule has 2 aromatic carbocycles. The second-order valence-electron chi connectivity index (χ2n) is 5.56. The lowest BCUT2D eigenvalue weighted by molar-refractivity contribution is 0.538. The Morgan fingerprint density at radius 2 is 1.79 bits per heavy atom. The molecular weight excluding hydrogens is 237 g/mol. The summed E-state index contributed by atoms with van der Waals surface area (Å²) >= 11 is 0. The van der Waals surface area contributed by atoms with Crippen LogP contribution >= 0.6 is 0 Å². The van der Waals surface area contributed by atoms with Crippen LogP contribution < -0.4 is 5.73 Å². The molecular formula is C17H20FN. The number of hydrogen-bond acceptors (Lipinski definition) is 1. The third-order valence-corrected chi connectivity index (χ3v) is 3.57. The van der Waals surface area contributed by atoms with E-state index in [4.69, 9.17) is 5.73 Å². The van der Waals surface area contributed by atoms with Crippen LogP contribution in [0.2, 0.25) is 0 Å². The summed E-state index contributed by atoms with van der Waals surface area (Å²) in [6.45, 7) is 4.83. The molecule has 19 heavy (non-hydrogen) atoms. The molecule has 0 atom stereocenters. The average molecular weight is 257 g/mol. The third-order valence-electron chi connectivity index (χ3n) is 3.57. The van der Waals surface area contributed by atoms with Gasteiger partial charge in [-0.2, -0.15) is 0 Å². The van der Waals surface area contributed by atoms with Crippen LogP contribution in [0, 0.1) is 5.82 Å². The first-order chi connectivity index (χ1) is 9.03. The predicted octanol–water partition coefficient (Wildman–Crippen LogP) is 3.65. The van der Waals surface area contributed by atoms with Crippen LogP contribution in [0.15, 0.2) is 48.5 Å². The van der Waals surface area contributed by atoms with Gasteiger partial charge in [-0.1, -0.05) is 56.3 Å². The summed E-state index contributed by atoms with van der Waals surface area (Å²) in [4.78, 5) is 0. The van der Waals surface area contributed by atoms with Gasteiger partial charge in [0.1, 0.15) is 5.82 Å². The fourth-order valence-corrected chi connectivity index (χ4v) is 2.08. The average Bonchev–Trinajstić information content (AvgIpc) is 2.42. The van der Waals surface area contributed by atoms with E-state index in [1.807, 2.05) is 24.3 Å². The predicted molar refractivity (Wildman–Crippen MR) is 77.7 cm³/mol. The Kier molecular flexibility index (Phi) is 4.01. The fourth-order valence-electron chi connectivity index (χ4n) is 2.08. The number of benzene rings is 2. The van der Waals surface area contributed by atoms with E-state index in [-0.39, 0.29) is 11.2 Å². The number of hydrogen-bond donors (Lipinski definition) is 1. The first kappa shape index (κ1) is 13.8. The molecule has 0 aliphatic carbocycles. The largest absolute Gasteiger partial charge is 0.330 e. The lowest BCUT2D eigenvalue weighted by Gasteiger charge is -2.23. The minimum absolute atomic E-state index is 0.0504. The molecule has 0 aliphatic rings. The highest BCUT2D eigenvalue weighted by Crippen LogP contribution is 2.23. The molecule has 0 heterocycles. The maximum Gasteiger partial charge on any atom is 0.126 e. The molecule has 1 nitrogen and oxygen atoms in total. The Balaban J connectivity index is 2.28. The third kappa shape index (κ3) is 3.21. The summed E-state index contributed by atoms with van der Waals surface area (Å²) in [5.41, 5.74) is 8.79. The molecule has 2 N–H and O–H groups in total. The van der Waals surface area contributed by atoms with Crippen molar-refractivity contribution in [3.8, 4) is 0 Å². The lowest BCUT2D eigenvalue weighted by atomic mass is 9.83. The number of halogens is 1. The topological polar surface area (TPSA) is 26.0 Å². The normalized spacial score (nSPS) is 11.6. The summed E-state index contributed by atoms with van der Waals surface area (Å²) in [6.07, 6.45) is 0.612. The Morgan fingerprint density at radius 3 is 2.47 bits per heavy atom. The van der Waals surface area contributed by atoms with Crippen LogP contribution in [0.1, 0.15) is 30.5 Å². The Bertz CT molecular complexity index is 561. The zero-order valence-corrected chi connectivity index (χ0v) is 11.5. The van der Waals surface area contributed by atoms with Gasteiger partial charge in [0.2, 0.25) is 0 Å². The van der Waals surface area contributed by atoms with Crippen LogP contribution in [0.25, 0.3) is 0 Å². The molecule has 0 bridgehead atoms. The summed E-state index contributed by atoms with van der Waals surface area (Å²) in [5, 5.41) is 0. The number of nitrogens with two attached hydrogens (primary N) is 1. The minimum Gasteiger partial charge on any atom is -0.330 e. The molecule has 0 aromatic heterocycles. The van der Waals surface area contributed by atoms with E-state index >= 15 is 0 Å². The van der Waals surface area contributed by atoms with E-state index in [1.54, 1.807) is 6.07 Å². The molecule has 0 saturated heterocycles. The Hall–Kier alpha value is -1.67. The highest BCUT2D eigenvalue weighted by molar-refractivity contribution is 5.33. The van der Waals surface area contributed by atoms with Gasteiger partial charge in [0.15, 0.2) is 0 Å². The molecule has 0 spiro atoms. The highest BCUT2D eigenvalue weighted by atomic mass is 19.1. The van der Waals surface area contributed by atoms with Crippen LogP contribution in [0.3, 0.4) is 0 Å². The van der Waals surface area contributed by atoms with Gasteiger partial charge in [-0.15, -0.1) is 0 Å². The minimum atomic E-state index is -0.147. The highest BCUT2D eigenvalue weighted by Gasteiger charge is 2.18. The van der Waals surface area contributed by atoms with Crippen LogP contribution in [0.4, 0.5) is 4.39 Å². The quantitative estimate of drug-likeness (QED) is 0.889. The van der Waals surface area contributed by atoms with Crippen molar-refractivity contribution < 1.29 is 4.39 Å². The Labute approximate surface area is 114 Å². The lowest BCUT2D eigenvalue weighted by Crippen LogP contribution is -2.28. The van der Waals surface area contributed by atoms with Gasteiger partial charge in [-0.3, -0.25) is 0 Å². The molecule has 2 rings (SSSR count). The second kappa shape index (κ2) is 5.54. The first-order valence-corrected chi connectivity index (χ1v) is 6.56. The van der Waals surface area contributed by atoms with Gasteiger partial charge in [0, 0.05) is 18.4 Å². The summed E-state index contributed by atoms with van der Waals surface area (Å²) in [7, 11) is 0. The van der Waals surface area contributed by atoms with Gasteiger partial charge < -0.3 is 5.73 Å². The molecule has 100 valence electrons. The maximum atomic E-state index is 13.7. The summed E-state index contributed by atoms with van der Waals surface area (Å²) in [5.74, 6) is -0.147.